The summed E-state index contributed by atoms with van der Waals surface area (Å²) in [6.07, 6.45) is -3.05. The van der Waals surface area contributed by atoms with Gasteiger partial charge >= 0.3 is 0 Å². The SMILES string of the molecule is N#CC(O)C(O)c1cc(Cl)c(O)cc1Cl. The number of rotatable bonds is 2. The predicted octanol–water partition coefficient (Wildman–Crippen LogP) is 1.62. The summed E-state index contributed by atoms with van der Waals surface area (Å²) in [6, 6.07) is 3.80. The number of aliphatic hydroxyl groups is 2. The monoisotopic (exact) mass is 247 g/mol. The van der Waals surface area contributed by atoms with E-state index >= 15 is 0 Å². The highest BCUT2D eigenvalue weighted by atomic mass is 35.5. The lowest BCUT2D eigenvalue weighted by atomic mass is 10.1. The molecule has 0 aliphatic heterocycles. The van der Waals surface area contributed by atoms with Crippen molar-refractivity contribution in [1.29, 1.82) is 5.26 Å². The number of nitrogens with zero attached hydrogens (tertiary/aromatic N) is 1. The number of hydrogen-bond donors (Lipinski definition) is 3. The van der Waals surface area contributed by atoms with Crippen molar-refractivity contribution in [1.82, 2.24) is 0 Å². The summed E-state index contributed by atoms with van der Waals surface area (Å²) in [5.74, 6) is -0.232. The van der Waals surface area contributed by atoms with Gasteiger partial charge in [0.05, 0.1) is 16.1 Å². The molecule has 80 valence electrons. The maximum absolute atomic E-state index is 9.49. The van der Waals surface area contributed by atoms with Crippen LogP contribution in [0, 0.1) is 11.3 Å². The second-order valence-electron chi connectivity index (χ2n) is 2.84. The maximum Gasteiger partial charge on any atom is 0.170 e. The molecule has 6 heteroatoms. The number of aromatic hydroxyl groups is 1. The van der Waals surface area contributed by atoms with E-state index in [-0.39, 0.29) is 21.4 Å². The van der Waals surface area contributed by atoms with E-state index in [1.54, 1.807) is 0 Å². The van der Waals surface area contributed by atoms with E-state index in [0.29, 0.717) is 0 Å². The molecule has 0 bridgehead atoms. The van der Waals surface area contributed by atoms with Gasteiger partial charge < -0.3 is 15.3 Å². The van der Waals surface area contributed by atoms with Crippen LogP contribution in [0.4, 0.5) is 0 Å². The topological polar surface area (TPSA) is 84.5 Å². The molecule has 0 aromatic heterocycles. The van der Waals surface area contributed by atoms with E-state index in [1.807, 2.05) is 0 Å². The molecule has 1 rings (SSSR count). The number of halogens is 2. The molecule has 0 fully saturated rings. The van der Waals surface area contributed by atoms with Gasteiger partial charge in [0, 0.05) is 11.6 Å². The standard InChI is InChI=1S/C9H7Cl2NO3/c10-5-2-7(13)6(11)1-4(5)9(15)8(14)3-12/h1-2,8-9,13-15H. The normalized spacial score (nSPS) is 14.3. The van der Waals surface area contributed by atoms with Gasteiger partial charge in [-0.15, -0.1) is 0 Å². The van der Waals surface area contributed by atoms with Crippen LogP contribution in [0.5, 0.6) is 5.75 Å². The number of benzene rings is 1. The molecular formula is C9H7Cl2NO3. The average Bonchev–Trinajstić information content (AvgIpc) is 2.21. The molecular weight excluding hydrogens is 241 g/mol. The van der Waals surface area contributed by atoms with Gasteiger partial charge in [0.2, 0.25) is 0 Å². The van der Waals surface area contributed by atoms with Crippen molar-refractivity contribution in [3.8, 4) is 11.8 Å². The highest BCUT2D eigenvalue weighted by molar-refractivity contribution is 6.34. The largest absolute Gasteiger partial charge is 0.506 e. The first-order chi connectivity index (χ1) is 6.97. The van der Waals surface area contributed by atoms with E-state index in [9.17, 15) is 10.2 Å². The van der Waals surface area contributed by atoms with Gasteiger partial charge in [-0.3, -0.25) is 0 Å². The van der Waals surface area contributed by atoms with Crippen LogP contribution in [-0.2, 0) is 0 Å². The van der Waals surface area contributed by atoms with Crippen molar-refractivity contribution in [3.05, 3.63) is 27.7 Å². The van der Waals surface area contributed by atoms with E-state index < -0.39 is 12.2 Å². The van der Waals surface area contributed by atoms with Crippen LogP contribution in [0.25, 0.3) is 0 Å². The van der Waals surface area contributed by atoms with Crippen LogP contribution in [0.15, 0.2) is 12.1 Å². The summed E-state index contributed by atoms with van der Waals surface area (Å²) >= 11 is 11.3. The van der Waals surface area contributed by atoms with Crippen LogP contribution in [0.3, 0.4) is 0 Å². The summed E-state index contributed by atoms with van der Waals surface area (Å²) in [7, 11) is 0. The van der Waals surface area contributed by atoms with Gasteiger partial charge in [-0.1, -0.05) is 23.2 Å². The van der Waals surface area contributed by atoms with Crippen LogP contribution in [0.2, 0.25) is 10.0 Å². The minimum atomic E-state index is -1.59. The van der Waals surface area contributed by atoms with Gasteiger partial charge in [-0.2, -0.15) is 5.26 Å². The van der Waals surface area contributed by atoms with Crippen molar-refractivity contribution in [2.75, 3.05) is 0 Å². The molecule has 1 aromatic carbocycles. The smallest absolute Gasteiger partial charge is 0.170 e. The van der Waals surface area contributed by atoms with Crippen LogP contribution in [-0.4, -0.2) is 21.4 Å². The van der Waals surface area contributed by atoms with Gasteiger partial charge in [0.15, 0.2) is 6.10 Å². The minimum Gasteiger partial charge on any atom is -0.506 e. The molecule has 0 spiro atoms. The average molecular weight is 248 g/mol. The second-order valence-corrected chi connectivity index (χ2v) is 3.66. The van der Waals surface area contributed by atoms with Crippen molar-refractivity contribution in [2.24, 2.45) is 0 Å². The fourth-order valence-electron chi connectivity index (χ4n) is 1.02. The van der Waals surface area contributed by atoms with Crippen LogP contribution >= 0.6 is 23.2 Å². The fraction of sp³-hybridized carbons (Fsp3) is 0.222. The molecule has 0 saturated heterocycles. The van der Waals surface area contributed by atoms with E-state index in [0.717, 1.165) is 6.07 Å². The maximum atomic E-state index is 9.49. The van der Waals surface area contributed by atoms with Crippen molar-refractivity contribution >= 4 is 23.2 Å². The Hall–Kier alpha value is -0.990. The number of phenolic OH excluding ortho intramolecular Hbond substituents is 1. The van der Waals surface area contributed by atoms with Gasteiger partial charge in [-0.25, -0.2) is 0 Å². The van der Waals surface area contributed by atoms with Crippen molar-refractivity contribution in [2.45, 2.75) is 12.2 Å². The molecule has 2 atom stereocenters. The summed E-state index contributed by atoms with van der Waals surface area (Å²) < 4.78 is 0. The van der Waals surface area contributed by atoms with E-state index in [4.69, 9.17) is 33.6 Å². The molecule has 0 amide bonds. The Balaban J connectivity index is 3.16. The Bertz CT molecular complexity index is 417. The quantitative estimate of drug-likeness (QED) is 0.694. The summed E-state index contributed by atoms with van der Waals surface area (Å²) in [4.78, 5) is 0. The molecule has 0 heterocycles. The number of phenols is 1. The molecule has 3 N–H and O–H groups in total. The lowest BCUT2D eigenvalue weighted by Gasteiger charge is -2.14. The summed E-state index contributed by atoms with van der Waals surface area (Å²) in [5, 5.41) is 36.2. The zero-order valence-corrected chi connectivity index (χ0v) is 8.87. The highest BCUT2D eigenvalue weighted by Crippen LogP contribution is 2.34. The van der Waals surface area contributed by atoms with E-state index in [2.05, 4.69) is 0 Å². The summed E-state index contributed by atoms with van der Waals surface area (Å²) in [6.45, 7) is 0. The predicted molar refractivity (Wildman–Crippen MR) is 54.7 cm³/mol. The Labute approximate surface area is 95.9 Å². The van der Waals surface area contributed by atoms with Gasteiger partial charge in [-0.05, 0) is 6.07 Å². The zero-order chi connectivity index (χ0) is 11.6. The Kier molecular flexibility index (Phi) is 3.77. The zero-order valence-electron chi connectivity index (χ0n) is 7.35. The Morgan fingerprint density at radius 1 is 1.20 bits per heavy atom. The molecule has 0 aliphatic rings. The molecule has 4 nitrogen and oxygen atoms in total. The number of aliphatic hydroxyl groups excluding tert-OH is 2. The molecule has 2 unspecified atom stereocenters. The Morgan fingerprint density at radius 3 is 2.33 bits per heavy atom. The third kappa shape index (κ3) is 2.52. The first-order valence-electron chi connectivity index (χ1n) is 3.91. The molecule has 1 aromatic rings. The third-order valence-corrected chi connectivity index (χ3v) is 2.45. The van der Waals surface area contributed by atoms with Crippen molar-refractivity contribution < 1.29 is 15.3 Å². The molecule has 0 aliphatic carbocycles. The van der Waals surface area contributed by atoms with Crippen LogP contribution in [0.1, 0.15) is 11.7 Å². The lowest BCUT2D eigenvalue weighted by molar-refractivity contribution is 0.0528. The molecule has 0 saturated carbocycles. The minimum absolute atomic E-state index is 0.0152. The summed E-state index contributed by atoms with van der Waals surface area (Å²) in [5.41, 5.74) is 0.0912. The van der Waals surface area contributed by atoms with Gasteiger partial charge in [0.1, 0.15) is 11.9 Å². The highest BCUT2D eigenvalue weighted by Gasteiger charge is 2.21. The third-order valence-electron chi connectivity index (χ3n) is 1.82. The van der Waals surface area contributed by atoms with Gasteiger partial charge in [0.25, 0.3) is 0 Å². The number of nitriles is 1. The molecule has 15 heavy (non-hydrogen) atoms. The van der Waals surface area contributed by atoms with Crippen molar-refractivity contribution in [3.63, 3.8) is 0 Å². The fourth-order valence-corrected chi connectivity index (χ4v) is 1.46. The number of hydrogen-bond acceptors (Lipinski definition) is 4. The van der Waals surface area contributed by atoms with E-state index in [1.165, 1.54) is 12.1 Å². The molecule has 0 radical (unpaired) electrons. The Morgan fingerprint density at radius 2 is 1.80 bits per heavy atom. The first kappa shape index (κ1) is 12.1. The lowest BCUT2D eigenvalue weighted by Crippen LogP contribution is -2.16. The second kappa shape index (κ2) is 4.69. The van der Waals surface area contributed by atoms with Crippen LogP contribution < -0.4 is 0 Å². The first-order valence-corrected chi connectivity index (χ1v) is 4.66.